The molecular formula is C8H13N5O2S. The SMILES string of the molecule is CN(C)CCSc1nc(N)ncc1[N+](=O)[O-]. The molecule has 1 rings (SSSR count). The van der Waals surface area contributed by atoms with Crippen LogP contribution in [0, 0.1) is 10.1 Å². The van der Waals surface area contributed by atoms with Gasteiger partial charge in [0.05, 0.1) is 4.92 Å². The molecule has 0 aromatic carbocycles. The molecule has 0 aliphatic heterocycles. The maximum absolute atomic E-state index is 10.7. The molecule has 88 valence electrons. The minimum Gasteiger partial charge on any atom is -0.368 e. The molecule has 2 N–H and O–H groups in total. The lowest BCUT2D eigenvalue weighted by Gasteiger charge is -2.08. The number of aromatic nitrogens is 2. The van der Waals surface area contributed by atoms with Gasteiger partial charge in [0.2, 0.25) is 5.95 Å². The molecule has 0 aliphatic rings. The zero-order valence-electron chi connectivity index (χ0n) is 9.08. The second-order valence-corrected chi connectivity index (χ2v) is 4.41. The molecule has 16 heavy (non-hydrogen) atoms. The molecule has 7 nitrogen and oxygen atoms in total. The third kappa shape index (κ3) is 3.63. The van der Waals surface area contributed by atoms with Gasteiger partial charge in [0.1, 0.15) is 6.20 Å². The molecule has 0 radical (unpaired) electrons. The number of nitrogens with zero attached hydrogens (tertiary/aromatic N) is 4. The zero-order chi connectivity index (χ0) is 12.1. The summed E-state index contributed by atoms with van der Waals surface area (Å²) in [4.78, 5) is 19.6. The molecule has 0 fully saturated rings. The molecular weight excluding hydrogens is 230 g/mol. The molecule has 0 spiro atoms. The van der Waals surface area contributed by atoms with Crippen LogP contribution in [0.15, 0.2) is 11.2 Å². The van der Waals surface area contributed by atoms with Crippen molar-refractivity contribution in [3.63, 3.8) is 0 Å². The highest BCUT2D eigenvalue weighted by Crippen LogP contribution is 2.26. The molecule has 0 unspecified atom stereocenters. The Labute approximate surface area is 97.2 Å². The average molecular weight is 243 g/mol. The molecule has 0 atom stereocenters. The topological polar surface area (TPSA) is 98.2 Å². The number of anilines is 1. The van der Waals surface area contributed by atoms with Crippen molar-refractivity contribution in [1.82, 2.24) is 14.9 Å². The molecule has 0 aliphatic carbocycles. The summed E-state index contributed by atoms with van der Waals surface area (Å²) < 4.78 is 0. The van der Waals surface area contributed by atoms with Gasteiger partial charge in [-0.1, -0.05) is 11.8 Å². The minimum absolute atomic E-state index is 0.0537. The molecule has 0 saturated heterocycles. The first kappa shape index (κ1) is 12.7. The number of hydrogen-bond acceptors (Lipinski definition) is 7. The number of nitrogens with two attached hydrogens (primary N) is 1. The first-order valence-corrected chi connectivity index (χ1v) is 5.53. The Morgan fingerprint density at radius 2 is 2.31 bits per heavy atom. The Kier molecular flexibility index (Phi) is 4.44. The van der Waals surface area contributed by atoms with Crippen LogP contribution in [0.2, 0.25) is 0 Å². The van der Waals surface area contributed by atoms with Gasteiger partial charge in [-0.25, -0.2) is 4.98 Å². The van der Waals surface area contributed by atoms with Crippen LogP contribution in [-0.4, -0.2) is 46.2 Å². The summed E-state index contributed by atoms with van der Waals surface area (Å²) in [6.07, 6.45) is 1.14. The van der Waals surface area contributed by atoms with Crippen molar-refractivity contribution in [1.29, 1.82) is 0 Å². The van der Waals surface area contributed by atoms with Gasteiger partial charge in [-0.2, -0.15) is 4.98 Å². The Bertz CT molecular complexity index is 385. The number of nitrogen functional groups attached to an aromatic ring is 1. The first-order valence-electron chi connectivity index (χ1n) is 4.55. The summed E-state index contributed by atoms with van der Waals surface area (Å²) in [5, 5.41) is 11.0. The highest BCUT2D eigenvalue weighted by Gasteiger charge is 2.16. The second-order valence-electron chi connectivity index (χ2n) is 3.33. The van der Waals surface area contributed by atoms with Crippen LogP contribution in [0.25, 0.3) is 0 Å². The van der Waals surface area contributed by atoms with E-state index in [-0.39, 0.29) is 11.6 Å². The maximum atomic E-state index is 10.7. The highest BCUT2D eigenvalue weighted by atomic mass is 32.2. The van der Waals surface area contributed by atoms with E-state index in [4.69, 9.17) is 5.73 Å². The average Bonchev–Trinajstić information content (AvgIpc) is 2.16. The van der Waals surface area contributed by atoms with E-state index in [1.54, 1.807) is 0 Å². The van der Waals surface area contributed by atoms with Crippen molar-refractivity contribution < 1.29 is 4.92 Å². The van der Waals surface area contributed by atoms with E-state index >= 15 is 0 Å². The molecule has 1 aromatic heterocycles. The number of nitro groups is 1. The van der Waals surface area contributed by atoms with Gasteiger partial charge in [-0.05, 0) is 14.1 Å². The quantitative estimate of drug-likeness (QED) is 0.350. The fraction of sp³-hybridized carbons (Fsp3) is 0.500. The van der Waals surface area contributed by atoms with Gasteiger partial charge in [-0.15, -0.1) is 0 Å². The van der Waals surface area contributed by atoms with Crippen LogP contribution in [-0.2, 0) is 0 Å². The molecule has 0 amide bonds. The molecule has 0 saturated carbocycles. The fourth-order valence-corrected chi connectivity index (χ4v) is 2.01. The first-order chi connectivity index (χ1) is 7.50. The Morgan fingerprint density at radius 3 is 2.88 bits per heavy atom. The predicted octanol–water partition coefficient (Wildman–Crippen LogP) is 0.621. The Balaban J connectivity index is 2.76. The lowest BCUT2D eigenvalue weighted by Crippen LogP contribution is -2.15. The number of thioether (sulfide) groups is 1. The standard InChI is InChI=1S/C8H13N5O2S/c1-12(2)3-4-16-7-6(13(14)15)5-10-8(9)11-7/h5H,3-4H2,1-2H3,(H2,9,10,11). The van der Waals surface area contributed by atoms with Crippen molar-refractivity contribution in [2.45, 2.75) is 5.03 Å². The lowest BCUT2D eigenvalue weighted by molar-refractivity contribution is -0.388. The molecule has 8 heteroatoms. The van der Waals surface area contributed by atoms with Gasteiger partial charge >= 0.3 is 5.69 Å². The largest absolute Gasteiger partial charge is 0.368 e. The fourth-order valence-electron chi connectivity index (χ4n) is 0.929. The maximum Gasteiger partial charge on any atom is 0.319 e. The summed E-state index contributed by atoms with van der Waals surface area (Å²) in [5.74, 6) is 0.766. The monoisotopic (exact) mass is 243 g/mol. The van der Waals surface area contributed by atoms with E-state index in [2.05, 4.69) is 9.97 Å². The zero-order valence-corrected chi connectivity index (χ0v) is 9.90. The van der Waals surface area contributed by atoms with E-state index in [9.17, 15) is 10.1 Å². The van der Waals surface area contributed by atoms with Gasteiger partial charge in [0, 0.05) is 12.3 Å². The Hall–Kier alpha value is -1.41. The van der Waals surface area contributed by atoms with Crippen molar-refractivity contribution in [2.24, 2.45) is 0 Å². The van der Waals surface area contributed by atoms with E-state index < -0.39 is 4.92 Å². The summed E-state index contributed by atoms with van der Waals surface area (Å²) in [6, 6.07) is 0. The number of hydrogen-bond donors (Lipinski definition) is 1. The van der Waals surface area contributed by atoms with Crippen LogP contribution in [0.4, 0.5) is 11.6 Å². The molecule has 0 bridgehead atoms. The summed E-state index contributed by atoms with van der Waals surface area (Å²) >= 11 is 1.30. The van der Waals surface area contributed by atoms with Crippen LogP contribution in [0.1, 0.15) is 0 Å². The smallest absolute Gasteiger partial charge is 0.319 e. The van der Waals surface area contributed by atoms with Crippen molar-refractivity contribution in [3.05, 3.63) is 16.3 Å². The third-order valence-electron chi connectivity index (χ3n) is 1.73. The normalized spacial score (nSPS) is 10.7. The van der Waals surface area contributed by atoms with Gasteiger partial charge < -0.3 is 10.6 Å². The van der Waals surface area contributed by atoms with E-state index in [1.165, 1.54) is 11.8 Å². The minimum atomic E-state index is -0.503. The van der Waals surface area contributed by atoms with Crippen molar-refractivity contribution in [3.8, 4) is 0 Å². The van der Waals surface area contributed by atoms with Crippen LogP contribution < -0.4 is 5.73 Å². The number of rotatable bonds is 5. The van der Waals surface area contributed by atoms with E-state index in [1.807, 2.05) is 19.0 Å². The van der Waals surface area contributed by atoms with Crippen molar-refractivity contribution in [2.75, 3.05) is 32.1 Å². The van der Waals surface area contributed by atoms with Gasteiger partial charge in [-0.3, -0.25) is 10.1 Å². The summed E-state index contributed by atoms with van der Waals surface area (Å²) in [7, 11) is 3.87. The van der Waals surface area contributed by atoms with Gasteiger partial charge in [0.25, 0.3) is 0 Å². The summed E-state index contributed by atoms with van der Waals surface area (Å²) in [6.45, 7) is 0.811. The summed E-state index contributed by atoms with van der Waals surface area (Å²) in [5.41, 5.74) is 5.29. The third-order valence-corrected chi connectivity index (χ3v) is 2.69. The van der Waals surface area contributed by atoms with Gasteiger partial charge in [0.15, 0.2) is 5.03 Å². The van der Waals surface area contributed by atoms with E-state index in [0.29, 0.717) is 10.8 Å². The second kappa shape index (κ2) is 5.61. The van der Waals surface area contributed by atoms with Crippen LogP contribution in [0.3, 0.4) is 0 Å². The lowest BCUT2D eigenvalue weighted by atomic mass is 10.5. The van der Waals surface area contributed by atoms with E-state index in [0.717, 1.165) is 12.7 Å². The van der Waals surface area contributed by atoms with Crippen molar-refractivity contribution >= 4 is 23.4 Å². The van der Waals surface area contributed by atoms with Crippen LogP contribution >= 0.6 is 11.8 Å². The predicted molar refractivity (Wildman–Crippen MR) is 62.4 cm³/mol. The highest BCUT2D eigenvalue weighted by molar-refractivity contribution is 7.99. The molecule has 1 aromatic rings. The Morgan fingerprint density at radius 1 is 1.62 bits per heavy atom. The van der Waals surface area contributed by atoms with Crippen LogP contribution in [0.5, 0.6) is 0 Å². The molecule has 1 heterocycles.